The van der Waals surface area contributed by atoms with Crippen LogP contribution in [0, 0.1) is 0 Å². The van der Waals surface area contributed by atoms with Crippen LogP contribution in [0.25, 0.3) is 0 Å². The standard InChI is InChI=1S/C14H13N5OS3/c1-2-10-11(23-19-16-10)12(20)15-13-17-18-14(22-13)21-8-9-6-4-3-5-7-9/h3-7H,2,8H2,1H3,(H,15,17,20). The first kappa shape index (κ1) is 16.0. The Morgan fingerprint density at radius 1 is 1.22 bits per heavy atom. The summed E-state index contributed by atoms with van der Waals surface area (Å²) in [5, 5.41) is 15.3. The van der Waals surface area contributed by atoms with Crippen molar-refractivity contribution in [3.8, 4) is 0 Å². The lowest BCUT2D eigenvalue weighted by Gasteiger charge is -1.98. The predicted octanol–water partition coefficient (Wildman–Crippen LogP) is 3.50. The van der Waals surface area contributed by atoms with Crippen molar-refractivity contribution in [2.45, 2.75) is 23.4 Å². The summed E-state index contributed by atoms with van der Waals surface area (Å²) in [4.78, 5) is 12.7. The number of carbonyl (C=O) groups excluding carboxylic acids is 1. The molecule has 0 bridgehead atoms. The third kappa shape index (κ3) is 4.12. The first-order chi connectivity index (χ1) is 11.3. The minimum absolute atomic E-state index is 0.229. The van der Waals surface area contributed by atoms with Crippen LogP contribution < -0.4 is 5.32 Å². The molecule has 0 saturated carbocycles. The van der Waals surface area contributed by atoms with Crippen molar-refractivity contribution < 1.29 is 4.79 Å². The molecule has 1 N–H and O–H groups in total. The molecule has 2 heterocycles. The molecule has 3 rings (SSSR count). The predicted molar refractivity (Wildman–Crippen MR) is 93.2 cm³/mol. The quantitative estimate of drug-likeness (QED) is 0.533. The Hall–Kier alpha value is -1.84. The number of carbonyl (C=O) groups is 1. The Kier molecular flexibility index (Phi) is 5.31. The molecule has 0 fully saturated rings. The smallest absolute Gasteiger partial charge is 0.271 e. The molecule has 0 unspecified atom stereocenters. The maximum absolute atomic E-state index is 12.2. The highest BCUT2D eigenvalue weighted by molar-refractivity contribution is 8.00. The second-order valence-corrected chi connectivity index (χ2v) is 7.46. The Balaban J connectivity index is 1.60. The number of nitrogens with one attached hydrogen (secondary N) is 1. The molecule has 0 saturated heterocycles. The molecule has 0 aliphatic rings. The van der Waals surface area contributed by atoms with E-state index in [1.165, 1.54) is 16.9 Å². The zero-order chi connectivity index (χ0) is 16.1. The number of rotatable bonds is 6. The summed E-state index contributed by atoms with van der Waals surface area (Å²) in [7, 11) is 0. The molecule has 0 spiro atoms. The lowest BCUT2D eigenvalue weighted by molar-refractivity contribution is 0.102. The van der Waals surface area contributed by atoms with E-state index in [0.29, 0.717) is 22.1 Å². The first-order valence-electron chi connectivity index (χ1n) is 6.89. The fraction of sp³-hybridized carbons (Fsp3) is 0.214. The molecular formula is C14H13N5OS3. The van der Waals surface area contributed by atoms with Crippen LogP contribution in [0.1, 0.15) is 27.9 Å². The van der Waals surface area contributed by atoms with Crippen molar-refractivity contribution in [3.05, 3.63) is 46.5 Å². The van der Waals surface area contributed by atoms with Crippen molar-refractivity contribution >= 4 is 45.7 Å². The second kappa shape index (κ2) is 7.62. The van der Waals surface area contributed by atoms with Crippen LogP contribution in [0.3, 0.4) is 0 Å². The van der Waals surface area contributed by atoms with Gasteiger partial charge < -0.3 is 0 Å². The Bertz CT molecular complexity index is 787. The van der Waals surface area contributed by atoms with Gasteiger partial charge in [-0.2, -0.15) is 0 Å². The van der Waals surface area contributed by atoms with Gasteiger partial charge in [0.25, 0.3) is 5.91 Å². The van der Waals surface area contributed by atoms with Crippen LogP contribution >= 0.6 is 34.6 Å². The molecule has 6 nitrogen and oxygen atoms in total. The number of aromatic nitrogens is 4. The summed E-state index contributed by atoms with van der Waals surface area (Å²) < 4.78 is 4.64. The number of nitrogens with zero attached hydrogens (tertiary/aromatic N) is 4. The lowest BCUT2D eigenvalue weighted by Crippen LogP contribution is -2.12. The van der Waals surface area contributed by atoms with Crippen molar-refractivity contribution in [1.82, 2.24) is 19.8 Å². The van der Waals surface area contributed by atoms with E-state index in [1.807, 2.05) is 25.1 Å². The Morgan fingerprint density at radius 2 is 2.04 bits per heavy atom. The maximum Gasteiger partial charge on any atom is 0.271 e. The molecule has 9 heteroatoms. The highest BCUT2D eigenvalue weighted by Crippen LogP contribution is 2.28. The summed E-state index contributed by atoms with van der Waals surface area (Å²) in [5.74, 6) is 0.593. The molecule has 3 aromatic rings. The van der Waals surface area contributed by atoms with E-state index < -0.39 is 0 Å². The molecule has 0 aliphatic heterocycles. The second-order valence-electron chi connectivity index (χ2n) is 4.50. The van der Waals surface area contributed by atoms with Gasteiger partial charge >= 0.3 is 0 Å². The Labute approximate surface area is 145 Å². The highest BCUT2D eigenvalue weighted by atomic mass is 32.2. The number of thioether (sulfide) groups is 1. The van der Waals surface area contributed by atoms with Crippen molar-refractivity contribution in [2.24, 2.45) is 0 Å². The molecule has 2 aromatic heterocycles. The molecule has 118 valence electrons. The number of aryl methyl sites for hydroxylation is 1. The van der Waals surface area contributed by atoms with Gasteiger partial charge in [-0.05, 0) is 23.5 Å². The highest BCUT2D eigenvalue weighted by Gasteiger charge is 2.17. The number of anilines is 1. The van der Waals surface area contributed by atoms with Crippen molar-refractivity contribution in [3.63, 3.8) is 0 Å². The molecule has 23 heavy (non-hydrogen) atoms. The van der Waals surface area contributed by atoms with Gasteiger partial charge in [0.2, 0.25) is 5.13 Å². The van der Waals surface area contributed by atoms with Crippen molar-refractivity contribution in [2.75, 3.05) is 5.32 Å². The largest absolute Gasteiger partial charge is 0.296 e. The fourth-order valence-electron chi connectivity index (χ4n) is 1.80. The maximum atomic E-state index is 12.2. The van der Waals surface area contributed by atoms with Crippen LogP contribution in [0.15, 0.2) is 34.7 Å². The van der Waals surface area contributed by atoms with Crippen LogP contribution in [0.5, 0.6) is 0 Å². The van der Waals surface area contributed by atoms with Gasteiger partial charge in [0, 0.05) is 5.75 Å². The first-order valence-corrected chi connectivity index (χ1v) is 9.46. The molecular weight excluding hydrogens is 350 g/mol. The van der Waals surface area contributed by atoms with Crippen molar-refractivity contribution in [1.29, 1.82) is 0 Å². The van der Waals surface area contributed by atoms with E-state index >= 15 is 0 Å². The van der Waals surface area contributed by atoms with E-state index in [0.717, 1.165) is 21.6 Å². The van der Waals surface area contributed by atoms with E-state index in [2.05, 4.69) is 37.2 Å². The third-order valence-corrected chi connectivity index (χ3v) is 5.74. The molecule has 0 atom stereocenters. The number of benzene rings is 1. The average Bonchev–Trinajstić information content (AvgIpc) is 3.22. The van der Waals surface area contributed by atoms with Gasteiger partial charge in [-0.25, -0.2) is 0 Å². The fourth-order valence-corrected chi connectivity index (χ4v) is 4.15. The molecule has 0 aliphatic carbocycles. The minimum atomic E-state index is -0.229. The summed E-state index contributed by atoms with van der Waals surface area (Å²) >= 11 is 4.06. The Morgan fingerprint density at radius 3 is 2.83 bits per heavy atom. The van der Waals surface area contributed by atoms with E-state index in [9.17, 15) is 4.79 Å². The van der Waals surface area contributed by atoms with Crippen LogP contribution in [-0.4, -0.2) is 25.7 Å². The van der Waals surface area contributed by atoms with Crippen LogP contribution in [0.4, 0.5) is 5.13 Å². The average molecular weight is 363 g/mol. The van der Waals surface area contributed by atoms with Gasteiger partial charge in [0.1, 0.15) is 4.88 Å². The van der Waals surface area contributed by atoms with Crippen LogP contribution in [0.2, 0.25) is 0 Å². The molecule has 1 amide bonds. The van der Waals surface area contributed by atoms with E-state index in [-0.39, 0.29) is 5.91 Å². The summed E-state index contributed by atoms with van der Waals surface area (Å²) in [6.45, 7) is 1.94. The third-order valence-electron chi connectivity index (χ3n) is 2.93. The topological polar surface area (TPSA) is 80.7 Å². The SMILES string of the molecule is CCc1nnsc1C(=O)Nc1nnc(SCc2ccccc2)s1. The zero-order valence-electron chi connectivity index (χ0n) is 12.2. The van der Waals surface area contributed by atoms with Gasteiger partial charge in [-0.1, -0.05) is 64.8 Å². The van der Waals surface area contributed by atoms with Gasteiger partial charge in [0.05, 0.1) is 5.69 Å². The van der Waals surface area contributed by atoms with E-state index in [4.69, 9.17) is 0 Å². The van der Waals surface area contributed by atoms with Gasteiger partial charge in [-0.3, -0.25) is 10.1 Å². The summed E-state index contributed by atoms with van der Waals surface area (Å²) in [6, 6.07) is 10.2. The molecule has 1 aromatic carbocycles. The summed E-state index contributed by atoms with van der Waals surface area (Å²) in [5.41, 5.74) is 1.93. The monoisotopic (exact) mass is 363 g/mol. The minimum Gasteiger partial charge on any atom is -0.296 e. The number of amides is 1. The van der Waals surface area contributed by atoms with E-state index in [1.54, 1.807) is 11.8 Å². The number of hydrogen-bond donors (Lipinski definition) is 1. The number of hydrogen-bond acceptors (Lipinski definition) is 8. The van der Waals surface area contributed by atoms with Gasteiger partial charge in [0.15, 0.2) is 4.34 Å². The van der Waals surface area contributed by atoms with Crippen LogP contribution in [-0.2, 0) is 12.2 Å². The zero-order valence-corrected chi connectivity index (χ0v) is 14.7. The normalized spacial score (nSPS) is 10.7. The van der Waals surface area contributed by atoms with Gasteiger partial charge in [-0.15, -0.1) is 15.3 Å². The molecule has 0 radical (unpaired) electrons. The summed E-state index contributed by atoms with van der Waals surface area (Å²) in [6.07, 6.45) is 0.674. The lowest BCUT2D eigenvalue weighted by atomic mass is 10.2.